The highest BCUT2D eigenvalue weighted by Crippen LogP contribution is 2.26. The van der Waals surface area contributed by atoms with Gasteiger partial charge in [-0.1, -0.05) is 6.92 Å². The Kier molecular flexibility index (Phi) is 4.33. The summed E-state index contributed by atoms with van der Waals surface area (Å²) < 4.78 is 10.7. The normalized spacial score (nSPS) is 22.6. The number of cyclic esters (lactones) is 1. The quantitative estimate of drug-likeness (QED) is 0.859. The van der Waals surface area contributed by atoms with Gasteiger partial charge in [-0.15, -0.1) is 0 Å². The first kappa shape index (κ1) is 15.9. The van der Waals surface area contributed by atoms with E-state index in [0.717, 1.165) is 30.6 Å². The lowest BCUT2D eigenvalue weighted by atomic mass is 10.0. The standard InChI is InChI=1S/C17H24N2O4/c1-4-13-10-22-17(21)19(13)14-5-7-18(8-6-14)16(20)15-9-11(2)12(3)23-15/h9,13-14H,4-8,10H2,1-3H3. The topological polar surface area (TPSA) is 63.0 Å². The van der Waals surface area contributed by atoms with Crippen LogP contribution in [0, 0.1) is 13.8 Å². The van der Waals surface area contributed by atoms with E-state index in [4.69, 9.17) is 9.15 Å². The Morgan fingerprint density at radius 2 is 2.00 bits per heavy atom. The molecule has 0 aliphatic carbocycles. The van der Waals surface area contributed by atoms with E-state index >= 15 is 0 Å². The van der Waals surface area contributed by atoms with Crippen molar-refractivity contribution in [3.8, 4) is 0 Å². The Labute approximate surface area is 136 Å². The maximum Gasteiger partial charge on any atom is 0.410 e. The summed E-state index contributed by atoms with van der Waals surface area (Å²) in [5, 5.41) is 0. The monoisotopic (exact) mass is 320 g/mol. The van der Waals surface area contributed by atoms with Crippen LogP contribution in [0.2, 0.25) is 0 Å². The molecule has 2 saturated heterocycles. The lowest BCUT2D eigenvalue weighted by molar-refractivity contribution is 0.0604. The Bertz CT molecular complexity index is 582. The molecule has 2 aliphatic rings. The molecule has 0 N–H and O–H groups in total. The molecule has 6 heteroatoms. The maximum atomic E-state index is 12.5. The lowest BCUT2D eigenvalue weighted by Gasteiger charge is -2.37. The van der Waals surface area contributed by atoms with Gasteiger partial charge in [0.05, 0.1) is 6.04 Å². The molecule has 2 amide bonds. The van der Waals surface area contributed by atoms with E-state index < -0.39 is 0 Å². The summed E-state index contributed by atoms with van der Waals surface area (Å²) in [5.74, 6) is 1.13. The second kappa shape index (κ2) is 6.26. The van der Waals surface area contributed by atoms with Crippen molar-refractivity contribution in [1.29, 1.82) is 0 Å². The van der Waals surface area contributed by atoms with Crippen LogP contribution in [0.25, 0.3) is 0 Å². The molecule has 0 bridgehead atoms. The zero-order valence-electron chi connectivity index (χ0n) is 14.0. The molecule has 0 radical (unpaired) electrons. The fourth-order valence-electron chi connectivity index (χ4n) is 3.41. The molecule has 0 spiro atoms. The third kappa shape index (κ3) is 2.94. The fourth-order valence-corrected chi connectivity index (χ4v) is 3.41. The Balaban J connectivity index is 1.62. The van der Waals surface area contributed by atoms with Crippen molar-refractivity contribution >= 4 is 12.0 Å². The highest BCUT2D eigenvalue weighted by Gasteiger charge is 2.39. The minimum absolute atomic E-state index is 0.0595. The van der Waals surface area contributed by atoms with Gasteiger partial charge in [-0.2, -0.15) is 0 Å². The van der Waals surface area contributed by atoms with Gasteiger partial charge >= 0.3 is 6.09 Å². The smallest absolute Gasteiger partial charge is 0.410 e. The van der Waals surface area contributed by atoms with Gasteiger partial charge in [0.25, 0.3) is 5.91 Å². The number of carbonyl (C=O) groups excluding carboxylic acids is 2. The summed E-state index contributed by atoms with van der Waals surface area (Å²) >= 11 is 0. The van der Waals surface area contributed by atoms with Gasteiger partial charge in [-0.25, -0.2) is 4.79 Å². The molecule has 3 heterocycles. The van der Waals surface area contributed by atoms with Crippen LogP contribution in [-0.2, 0) is 4.74 Å². The average molecular weight is 320 g/mol. The van der Waals surface area contributed by atoms with Crippen LogP contribution in [0.4, 0.5) is 4.79 Å². The van der Waals surface area contributed by atoms with Gasteiger partial charge in [-0.3, -0.25) is 9.69 Å². The van der Waals surface area contributed by atoms with Gasteiger partial charge < -0.3 is 14.1 Å². The van der Waals surface area contributed by atoms with Gasteiger partial charge in [0.1, 0.15) is 12.4 Å². The Morgan fingerprint density at radius 1 is 1.30 bits per heavy atom. The molecule has 2 fully saturated rings. The first-order chi connectivity index (χ1) is 11.0. The van der Waals surface area contributed by atoms with E-state index in [-0.39, 0.29) is 24.1 Å². The first-order valence-corrected chi connectivity index (χ1v) is 8.32. The van der Waals surface area contributed by atoms with Crippen LogP contribution in [0.15, 0.2) is 10.5 Å². The number of likely N-dealkylation sites (tertiary alicyclic amines) is 1. The maximum absolute atomic E-state index is 12.5. The fraction of sp³-hybridized carbons (Fsp3) is 0.647. The number of hydrogen-bond donors (Lipinski definition) is 0. The van der Waals surface area contributed by atoms with E-state index in [0.29, 0.717) is 25.5 Å². The second-order valence-electron chi connectivity index (χ2n) is 6.42. The minimum atomic E-state index is -0.209. The molecular weight excluding hydrogens is 296 g/mol. The summed E-state index contributed by atoms with van der Waals surface area (Å²) in [6.45, 7) is 7.64. The largest absolute Gasteiger partial charge is 0.456 e. The predicted molar refractivity (Wildman–Crippen MR) is 84.4 cm³/mol. The van der Waals surface area contributed by atoms with Crippen molar-refractivity contribution in [2.45, 2.75) is 52.1 Å². The summed E-state index contributed by atoms with van der Waals surface area (Å²) in [6.07, 6.45) is 2.26. The molecule has 126 valence electrons. The zero-order valence-corrected chi connectivity index (χ0v) is 14.0. The highest BCUT2D eigenvalue weighted by molar-refractivity contribution is 5.91. The summed E-state index contributed by atoms with van der Waals surface area (Å²) in [5.41, 5.74) is 0.994. The summed E-state index contributed by atoms with van der Waals surface area (Å²) in [4.78, 5) is 28.1. The van der Waals surface area contributed by atoms with Crippen LogP contribution >= 0.6 is 0 Å². The van der Waals surface area contributed by atoms with Gasteiger partial charge in [0.15, 0.2) is 5.76 Å². The molecule has 3 rings (SSSR count). The number of nitrogens with zero attached hydrogens (tertiary/aromatic N) is 2. The van der Waals surface area contributed by atoms with E-state index in [9.17, 15) is 9.59 Å². The molecule has 2 aliphatic heterocycles. The van der Waals surface area contributed by atoms with Gasteiger partial charge in [0, 0.05) is 19.1 Å². The van der Waals surface area contributed by atoms with Crippen molar-refractivity contribution < 1.29 is 18.7 Å². The molecule has 1 aromatic heterocycles. The van der Waals surface area contributed by atoms with Crippen LogP contribution in [-0.4, -0.2) is 53.6 Å². The van der Waals surface area contributed by atoms with Crippen molar-refractivity contribution in [2.24, 2.45) is 0 Å². The van der Waals surface area contributed by atoms with E-state index in [1.165, 1.54) is 0 Å². The first-order valence-electron chi connectivity index (χ1n) is 8.32. The zero-order chi connectivity index (χ0) is 16.6. The van der Waals surface area contributed by atoms with Crippen molar-refractivity contribution in [3.63, 3.8) is 0 Å². The van der Waals surface area contributed by atoms with Crippen molar-refractivity contribution in [3.05, 3.63) is 23.2 Å². The van der Waals surface area contributed by atoms with E-state index in [2.05, 4.69) is 6.92 Å². The SMILES string of the molecule is CCC1COC(=O)N1C1CCN(C(=O)c2cc(C)c(C)o2)CC1. The minimum Gasteiger partial charge on any atom is -0.456 e. The average Bonchev–Trinajstić information content (AvgIpc) is 3.09. The van der Waals surface area contributed by atoms with Crippen LogP contribution in [0.5, 0.6) is 0 Å². The number of piperidine rings is 1. The van der Waals surface area contributed by atoms with Crippen LogP contribution in [0.3, 0.4) is 0 Å². The molecule has 0 saturated carbocycles. The van der Waals surface area contributed by atoms with E-state index in [1.807, 2.05) is 23.6 Å². The predicted octanol–water partition coefficient (Wildman–Crippen LogP) is 2.73. The molecule has 1 atom stereocenters. The number of furan rings is 1. The molecule has 1 aromatic rings. The van der Waals surface area contributed by atoms with Crippen LogP contribution < -0.4 is 0 Å². The molecule has 6 nitrogen and oxygen atoms in total. The number of rotatable bonds is 3. The third-order valence-corrected chi connectivity index (χ3v) is 5.00. The van der Waals surface area contributed by atoms with Crippen molar-refractivity contribution in [1.82, 2.24) is 9.80 Å². The second-order valence-corrected chi connectivity index (χ2v) is 6.42. The summed E-state index contributed by atoms with van der Waals surface area (Å²) in [6, 6.07) is 2.14. The number of ether oxygens (including phenoxy) is 1. The molecule has 1 unspecified atom stereocenters. The molecule has 23 heavy (non-hydrogen) atoms. The van der Waals surface area contributed by atoms with Gasteiger partial charge in [0.2, 0.25) is 0 Å². The third-order valence-electron chi connectivity index (χ3n) is 5.00. The molecule has 0 aromatic carbocycles. The Hall–Kier alpha value is -1.98. The number of carbonyl (C=O) groups is 2. The van der Waals surface area contributed by atoms with E-state index in [1.54, 1.807) is 6.07 Å². The van der Waals surface area contributed by atoms with Crippen molar-refractivity contribution in [2.75, 3.05) is 19.7 Å². The Morgan fingerprint density at radius 3 is 2.57 bits per heavy atom. The lowest BCUT2D eigenvalue weighted by Crippen LogP contribution is -2.49. The number of amides is 2. The summed E-state index contributed by atoms with van der Waals surface area (Å²) in [7, 11) is 0. The van der Waals surface area contributed by atoms with Gasteiger partial charge in [-0.05, 0) is 44.7 Å². The number of aryl methyl sites for hydroxylation is 2. The van der Waals surface area contributed by atoms with Crippen LogP contribution in [0.1, 0.15) is 48.1 Å². The molecular formula is C17H24N2O4. The number of hydrogen-bond acceptors (Lipinski definition) is 4. The highest BCUT2D eigenvalue weighted by atomic mass is 16.6.